The van der Waals surface area contributed by atoms with E-state index in [2.05, 4.69) is 20.3 Å². The van der Waals surface area contributed by atoms with E-state index in [1.54, 1.807) is 14.0 Å². The third kappa shape index (κ3) is 4.46. The Balaban J connectivity index is 1.47. The second-order valence-corrected chi connectivity index (χ2v) is 7.93. The highest BCUT2D eigenvalue weighted by Gasteiger charge is 2.31. The van der Waals surface area contributed by atoms with Gasteiger partial charge in [-0.05, 0) is 31.2 Å². The van der Waals surface area contributed by atoms with Gasteiger partial charge in [-0.15, -0.1) is 10.2 Å². The van der Waals surface area contributed by atoms with E-state index in [-0.39, 0.29) is 11.8 Å². The smallest absolute Gasteiger partial charge is 0.416 e. The van der Waals surface area contributed by atoms with Crippen LogP contribution in [0, 0.1) is 6.92 Å². The summed E-state index contributed by atoms with van der Waals surface area (Å²) >= 11 is 0. The molecule has 5 rings (SSSR count). The van der Waals surface area contributed by atoms with Crippen LogP contribution < -0.4 is 9.64 Å². The number of hydrogen-bond acceptors (Lipinski definition) is 8. The number of halogens is 3. The van der Waals surface area contributed by atoms with Crippen molar-refractivity contribution in [2.45, 2.75) is 13.1 Å². The fraction of sp³-hybridized carbons (Fsp3) is 0.292. The van der Waals surface area contributed by atoms with Gasteiger partial charge in [0.05, 0.1) is 31.5 Å². The zero-order valence-electron chi connectivity index (χ0n) is 18.9. The standard InChI is InChI=1S/C24H21F3N4O4/c1-14-20(21(30-35-14)15-3-5-16(6-4-15)24(25,26)27)23-29-28-22(34-23)18-8-7-17(13-19(18)32-2)31-9-11-33-12-10-31/h3-8,13H,9-12H2,1-2H3. The van der Waals surface area contributed by atoms with Crippen LogP contribution in [-0.4, -0.2) is 48.8 Å². The second kappa shape index (κ2) is 9.06. The minimum Gasteiger partial charge on any atom is -0.496 e. The minimum atomic E-state index is -4.43. The van der Waals surface area contributed by atoms with E-state index in [0.29, 0.717) is 47.1 Å². The van der Waals surface area contributed by atoms with E-state index in [1.165, 1.54) is 12.1 Å². The molecule has 35 heavy (non-hydrogen) atoms. The van der Waals surface area contributed by atoms with E-state index < -0.39 is 11.7 Å². The molecule has 8 nitrogen and oxygen atoms in total. The van der Waals surface area contributed by atoms with Crippen molar-refractivity contribution >= 4 is 5.69 Å². The molecule has 0 amide bonds. The number of benzene rings is 2. The molecule has 0 radical (unpaired) electrons. The molecule has 1 aliphatic rings. The van der Waals surface area contributed by atoms with Crippen molar-refractivity contribution in [1.29, 1.82) is 0 Å². The number of nitrogens with zero attached hydrogens (tertiary/aromatic N) is 4. The number of hydrogen-bond donors (Lipinski definition) is 0. The van der Waals surface area contributed by atoms with Crippen molar-refractivity contribution in [3.63, 3.8) is 0 Å². The third-order valence-corrected chi connectivity index (χ3v) is 5.78. The highest BCUT2D eigenvalue weighted by molar-refractivity contribution is 5.78. The topological polar surface area (TPSA) is 86.7 Å². The Labute approximate surface area is 198 Å². The predicted molar refractivity (Wildman–Crippen MR) is 120 cm³/mol. The second-order valence-electron chi connectivity index (χ2n) is 7.93. The summed E-state index contributed by atoms with van der Waals surface area (Å²) < 4.78 is 61.1. The summed E-state index contributed by atoms with van der Waals surface area (Å²) in [5.74, 6) is 1.32. The lowest BCUT2D eigenvalue weighted by Gasteiger charge is -2.29. The number of morpholine rings is 1. The van der Waals surface area contributed by atoms with E-state index in [4.69, 9.17) is 18.4 Å². The van der Waals surface area contributed by atoms with Gasteiger partial charge in [-0.25, -0.2) is 0 Å². The molecule has 0 unspecified atom stereocenters. The number of aryl methyl sites for hydroxylation is 1. The van der Waals surface area contributed by atoms with Gasteiger partial charge < -0.3 is 23.3 Å². The highest BCUT2D eigenvalue weighted by atomic mass is 19.4. The van der Waals surface area contributed by atoms with Gasteiger partial charge in [0, 0.05) is 30.4 Å². The van der Waals surface area contributed by atoms with Crippen LogP contribution in [0.25, 0.3) is 34.2 Å². The molecule has 11 heteroatoms. The zero-order chi connectivity index (χ0) is 24.6. The van der Waals surface area contributed by atoms with Gasteiger partial charge in [-0.1, -0.05) is 17.3 Å². The first kappa shape index (κ1) is 22.9. The molecule has 0 saturated carbocycles. The van der Waals surface area contributed by atoms with Crippen LogP contribution in [0.15, 0.2) is 51.4 Å². The molecule has 1 aliphatic heterocycles. The quantitative estimate of drug-likeness (QED) is 0.379. The van der Waals surface area contributed by atoms with Gasteiger partial charge in [-0.2, -0.15) is 13.2 Å². The largest absolute Gasteiger partial charge is 0.496 e. The number of rotatable bonds is 5. The summed E-state index contributed by atoms with van der Waals surface area (Å²) in [6.07, 6.45) is -4.43. The summed E-state index contributed by atoms with van der Waals surface area (Å²) in [4.78, 5) is 2.20. The molecule has 0 bridgehead atoms. The number of ether oxygens (including phenoxy) is 2. The lowest BCUT2D eigenvalue weighted by Crippen LogP contribution is -2.36. The fourth-order valence-corrected chi connectivity index (χ4v) is 3.95. The van der Waals surface area contributed by atoms with E-state index in [9.17, 15) is 13.2 Å². The van der Waals surface area contributed by atoms with E-state index in [0.717, 1.165) is 30.9 Å². The summed E-state index contributed by atoms with van der Waals surface area (Å²) in [5.41, 5.74) is 1.99. The molecule has 182 valence electrons. The average Bonchev–Trinajstić information content (AvgIpc) is 3.50. The fourth-order valence-electron chi connectivity index (χ4n) is 3.95. The summed E-state index contributed by atoms with van der Waals surface area (Å²) in [5, 5.41) is 12.3. The predicted octanol–water partition coefficient (Wildman–Crippen LogP) is 5.23. The average molecular weight is 486 g/mol. The van der Waals surface area contributed by atoms with Crippen molar-refractivity contribution in [2.75, 3.05) is 38.3 Å². The monoisotopic (exact) mass is 486 g/mol. The van der Waals surface area contributed by atoms with E-state index in [1.807, 2.05) is 18.2 Å². The van der Waals surface area contributed by atoms with Gasteiger partial charge in [0.2, 0.25) is 0 Å². The Morgan fingerprint density at radius 1 is 0.971 bits per heavy atom. The molecule has 3 heterocycles. The van der Waals surface area contributed by atoms with Crippen LogP contribution in [0.4, 0.5) is 18.9 Å². The molecule has 0 N–H and O–H groups in total. The van der Waals surface area contributed by atoms with Crippen LogP contribution in [0.2, 0.25) is 0 Å². The van der Waals surface area contributed by atoms with E-state index >= 15 is 0 Å². The summed E-state index contributed by atoms with van der Waals surface area (Å²) in [7, 11) is 1.56. The Morgan fingerprint density at radius 3 is 2.37 bits per heavy atom. The first-order chi connectivity index (χ1) is 16.8. The van der Waals surface area contributed by atoms with Gasteiger partial charge in [0.15, 0.2) is 0 Å². The molecule has 2 aromatic heterocycles. The van der Waals surface area contributed by atoms with Gasteiger partial charge >= 0.3 is 6.18 Å². The van der Waals surface area contributed by atoms with Crippen LogP contribution >= 0.6 is 0 Å². The van der Waals surface area contributed by atoms with Crippen molar-refractivity contribution in [2.24, 2.45) is 0 Å². The Morgan fingerprint density at radius 2 is 1.69 bits per heavy atom. The maximum absolute atomic E-state index is 12.9. The van der Waals surface area contributed by atoms with Crippen LogP contribution in [0.3, 0.4) is 0 Å². The van der Waals surface area contributed by atoms with Gasteiger partial charge in [-0.3, -0.25) is 0 Å². The lowest BCUT2D eigenvalue weighted by molar-refractivity contribution is -0.137. The number of aromatic nitrogens is 3. The molecular weight excluding hydrogens is 465 g/mol. The number of methoxy groups -OCH3 is 1. The van der Waals surface area contributed by atoms with Gasteiger partial charge in [0.1, 0.15) is 22.8 Å². The maximum Gasteiger partial charge on any atom is 0.416 e. The van der Waals surface area contributed by atoms with Crippen molar-refractivity contribution in [3.05, 3.63) is 53.8 Å². The first-order valence-corrected chi connectivity index (χ1v) is 10.8. The first-order valence-electron chi connectivity index (χ1n) is 10.8. The van der Waals surface area contributed by atoms with Crippen molar-refractivity contribution in [1.82, 2.24) is 15.4 Å². The van der Waals surface area contributed by atoms with Crippen molar-refractivity contribution in [3.8, 4) is 39.9 Å². The molecular formula is C24H21F3N4O4. The van der Waals surface area contributed by atoms with Crippen LogP contribution in [-0.2, 0) is 10.9 Å². The Hall–Kier alpha value is -3.86. The zero-order valence-corrected chi connectivity index (χ0v) is 18.9. The summed E-state index contributed by atoms with van der Waals surface area (Å²) in [6.45, 7) is 4.56. The van der Waals surface area contributed by atoms with Crippen molar-refractivity contribution < 1.29 is 31.6 Å². The number of alkyl halides is 3. The molecule has 2 aromatic carbocycles. The molecule has 0 aliphatic carbocycles. The molecule has 0 spiro atoms. The van der Waals surface area contributed by atoms with Gasteiger partial charge in [0.25, 0.3) is 11.8 Å². The molecule has 1 fully saturated rings. The normalized spacial score (nSPS) is 14.4. The Bertz CT molecular complexity index is 1330. The molecule has 0 atom stereocenters. The number of anilines is 1. The lowest BCUT2D eigenvalue weighted by atomic mass is 10.0. The Kier molecular flexibility index (Phi) is 5.93. The maximum atomic E-state index is 12.9. The third-order valence-electron chi connectivity index (χ3n) is 5.78. The minimum absolute atomic E-state index is 0.132. The highest BCUT2D eigenvalue weighted by Crippen LogP contribution is 2.38. The van der Waals surface area contributed by atoms with Crippen LogP contribution in [0.1, 0.15) is 11.3 Å². The summed E-state index contributed by atoms with van der Waals surface area (Å²) in [6, 6.07) is 10.3. The molecule has 1 saturated heterocycles. The molecule has 4 aromatic rings. The van der Waals surface area contributed by atoms with Crippen LogP contribution in [0.5, 0.6) is 5.75 Å². The SMILES string of the molecule is COc1cc(N2CCOCC2)ccc1-c1nnc(-c2c(-c3ccc(C(F)(F)F)cc3)noc2C)o1.